The number of nitrogens with zero attached hydrogens (tertiary/aromatic N) is 1. The van der Waals surface area contributed by atoms with Gasteiger partial charge in [0.15, 0.2) is 6.61 Å². The smallest absolute Gasteiger partial charge is 0.341 e. The molecule has 3 aromatic rings. The van der Waals surface area contributed by atoms with Crippen LogP contribution in [0.15, 0.2) is 70.5 Å². The first-order valence-corrected chi connectivity index (χ1v) is 10.9. The lowest BCUT2D eigenvalue weighted by Gasteiger charge is -2.13. The van der Waals surface area contributed by atoms with Crippen molar-refractivity contribution in [3.63, 3.8) is 0 Å². The number of carbonyl (C=O) groups is 1. The van der Waals surface area contributed by atoms with E-state index in [1.54, 1.807) is 31.2 Å². The lowest BCUT2D eigenvalue weighted by Crippen LogP contribution is -2.21. The Kier molecular flexibility index (Phi) is 6.67. The second kappa shape index (κ2) is 9.23. The summed E-state index contributed by atoms with van der Waals surface area (Å²) in [7, 11) is -3.96. The zero-order chi connectivity index (χ0) is 22.6. The molecule has 10 heteroatoms. The third kappa shape index (κ3) is 5.65. The molecule has 0 atom stereocenters. The summed E-state index contributed by atoms with van der Waals surface area (Å²) >= 11 is 6.15. The molecule has 0 amide bonds. The molecule has 0 spiro atoms. The number of ether oxygens (including phenoxy) is 1. The maximum absolute atomic E-state index is 12.8. The molecule has 0 aliphatic carbocycles. The Morgan fingerprint density at radius 1 is 1.16 bits per heavy atom. The highest BCUT2D eigenvalue weighted by Crippen LogP contribution is 2.23. The van der Waals surface area contributed by atoms with Crippen LogP contribution in [0.1, 0.15) is 11.1 Å². The van der Waals surface area contributed by atoms with Crippen molar-refractivity contribution in [1.29, 1.82) is 0 Å². The zero-order valence-corrected chi connectivity index (χ0v) is 18.0. The van der Waals surface area contributed by atoms with E-state index >= 15 is 0 Å². The predicted octanol–water partition coefficient (Wildman–Crippen LogP) is 3.12. The van der Waals surface area contributed by atoms with Crippen LogP contribution >= 0.6 is 11.6 Å². The van der Waals surface area contributed by atoms with Crippen LogP contribution in [-0.4, -0.2) is 30.7 Å². The number of benzene rings is 2. The fourth-order valence-electron chi connectivity index (χ4n) is 2.83. The molecule has 2 aromatic carbocycles. The summed E-state index contributed by atoms with van der Waals surface area (Å²) in [6, 6.07) is 13.8. The van der Waals surface area contributed by atoms with E-state index in [0.29, 0.717) is 10.6 Å². The molecule has 0 saturated carbocycles. The number of aliphatic carboxylic acids is 1. The Bertz CT molecular complexity index is 1290. The number of pyridine rings is 1. The summed E-state index contributed by atoms with van der Waals surface area (Å²) in [5.74, 6) is -0.862. The lowest BCUT2D eigenvalue weighted by molar-refractivity contribution is -0.139. The first-order chi connectivity index (χ1) is 14.7. The van der Waals surface area contributed by atoms with Crippen molar-refractivity contribution in [2.24, 2.45) is 0 Å². The second-order valence-corrected chi connectivity index (χ2v) is 8.78. The molecule has 0 saturated heterocycles. The van der Waals surface area contributed by atoms with Crippen molar-refractivity contribution in [3.8, 4) is 5.75 Å². The minimum absolute atomic E-state index is 0.0310. The highest BCUT2D eigenvalue weighted by molar-refractivity contribution is 7.92. The number of aromatic nitrogens is 1. The molecule has 0 radical (unpaired) electrons. The summed E-state index contributed by atoms with van der Waals surface area (Å²) < 4.78 is 34.5. The number of aryl methyl sites for hydroxylation is 1. The Labute approximate surface area is 183 Å². The van der Waals surface area contributed by atoms with E-state index < -0.39 is 22.6 Å². The maximum atomic E-state index is 12.8. The van der Waals surface area contributed by atoms with Gasteiger partial charge in [-0.15, -0.1) is 0 Å². The quantitative estimate of drug-likeness (QED) is 0.531. The van der Waals surface area contributed by atoms with Crippen LogP contribution in [0.4, 0.5) is 5.69 Å². The highest BCUT2D eigenvalue weighted by Gasteiger charge is 2.17. The van der Waals surface area contributed by atoms with Gasteiger partial charge in [-0.25, -0.2) is 13.2 Å². The molecule has 1 aromatic heterocycles. The lowest BCUT2D eigenvalue weighted by atomic mass is 10.2. The van der Waals surface area contributed by atoms with Gasteiger partial charge < -0.3 is 14.4 Å². The molecular weight excluding hydrogens is 444 g/mol. The van der Waals surface area contributed by atoms with Gasteiger partial charge in [0.1, 0.15) is 5.75 Å². The van der Waals surface area contributed by atoms with Crippen molar-refractivity contribution >= 4 is 33.3 Å². The van der Waals surface area contributed by atoms with Crippen LogP contribution in [0, 0.1) is 6.92 Å². The highest BCUT2D eigenvalue weighted by atomic mass is 35.5. The van der Waals surface area contributed by atoms with E-state index in [0.717, 1.165) is 5.56 Å². The number of nitrogens with one attached hydrogen (secondary N) is 1. The SMILES string of the molecule is Cc1cc(S(=O)(=O)Nc2ccc(=O)n(Cc3ccccc3Cl)c2)ccc1OCC(=O)O. The maximum Gasteiger partial charge on any atom is 0.341 e. The monoisotopic (exact) mass is 462 g/mol. The summed E-state index contributed by atoms with van der Waals surface area (Å²) in [6.45, 7) is 1.26. The molecule has 0 unspecified atom stereocenters. The minimum Gasteiger partial charge on any atom is -0.482 e. The molecule has 0 fully saturated rings. The summed E-state index contributed by atoms with van der Waals surface area (Å²) in [6.07, 6.45) is 1.40. The van der Waals surface area contributed by atoms with Gasteiger partial charge in [0.05, 0.1) is 17.1 Å². The average molecular weight is 463 g/mol. The number of carboxylic acids is 1. The third-order valence-corrected chi connectivity index (χ3v) is 6.09. The van der Waals surface area contributed by atoms with Gasteiger partial charge >= 0.3 is 5.97 Å². The van der Waals surface area contributed by atoms with E-state index in [1.165, 1.54) is 41.1 Å². The molecule has 0 bridgehead atoms. The Hall–Kier alpha value is -3.30. The second-order valence-electron chi connectivity index (χ2n) is 6.69. The van der Waals surface area contributed by atoms with E-state index in [2.05, 4.69) is 4.72 Å². The first kappa shape index (κ1) is 22.4. The predicted molar refractivity (Wildman–Crippen MR) is 116 cm³/mol. The fourth-order valence-corrected chi connectivity index (χ4v) is 4.15. The fraction of sp³-hybridized carbons (Fsp3) is 0.143. The van der Waals surface area contributed by atoms with Crippen molar-refractivity contribution in [1.82, 2.24) is 4.57 Å². The number of halogens is 1. The van der Waals surface area contributed by atoms with Crippen LogP contribution < -0.4 is 15.0 Å². The number of carboxylic acid groups (broad SMARTS) is 1. The molecule has 31 heavy (non-hydrogen) atoms. The van der Waals surface area contributed by atoms with Gasteiger partial charge in [-0.1, -0.05) is 29.8 Å². The molecule has 3 rings (SSSR count). The normalized spacial score (nSPS) is 11.2. The molecule has 8 nitrogen and oxygen atoms in total. The van der Waals surface area contributed by atoms with Crippen LogP contribution in [0.3, 0.4) is 0 Å². The Balaban J connectivity index is 1.83. The molecule has 0 aliphatic rings. The molecular formula is C21H19ClN2O6S. The van der Waals surface area contributed by atoms with Crippen LogP contribution in [0.25, 0.3) is 0 Å². The van der Waals surface area contributed by atoms with Gasteiger partial charge in [0.2, 0.25) is 0 Å². The van der Waals surface area contributed by atoms with Gasteiger partial charge in [0.25, 0.3) is 15.6 Å². The molecule has 1 heterocycles. The van der Waals surface area contributed by atoms with Crippen LogP contribution in [-0.2, 0) is 21.4 Å². The summed E-state index contributed by atoms with van der Waals surface area (Å²) in [5.41, 5.74) is 1.08. The van der Waals surface area contributed by atoms with Gasteiger partial charge in [0, 0.05) is 17.3 Å². The summed E-state index contributed by atoms with van der Waals surface area (Å²) in [4.78, 5) is 22.8. The van der Waals surface area contributed by atoms with Crippen molar-refractivity contribution < 1.29 is 23.1 Å². The van der Waals surface area contributed by atoms with E-state index in [-0.39, 0.29) is 28.4 Å². The van der Waals surface area contributed by atoms with Crippen LogP contribution in [0.2, 0.25) is 5.02 Å². The van der Waals surface area contributed by atoms with E-state index in [4.69, 9.17) is 21.4 Å². The molecule has 2 N–H and O–H groups in total. The topological polar surface area (TPSA) is 115 Å². The molecule has 162 valence electrons. The van der Waals surface area contributed by atoms with E-state index in [9.17, 15) is 18.0 Å². The number of hydrogen-bond donors (Lipinski definition) is 2. The first-order valence-electron chi connectivity index (χ1n) is 9.08. The number of sulfonamides is 1. The Morgan fingerprint density at radius 2 is 1.90 bits per heavy atom. The largest absolute Gasteiger partial charge is 0.482 e. The standard InChI is InChI=1S/C21H19ClN2O6S/c1-14-10-17(7-8-19(14)30-13-21(26)27)31(28,29)23-16-6-9-20(25)24(12-16)11-15-4-2-3-5-18(15)22/h2-10,12,23H,11,13H2,1H3,(H,26,27). The zero-order valence-electron chi connectivity index (χ0n) is 16.4. The van der Waals surface area contributed by atoms with Gasteiger partial charge in [-0.3, -0.25) is 9.52 Å². The molecule has 0 aliphatic heterocycles. The number of anilines is 1. The van der Waals surface area contributed by atoms with Gasteiger partial charge in [-0.2, -0.15) is 0 Å². The average Bonchev–Trinajstić information content (AvgIpc) is 2.71. The number of rotatable bonds is 8. The minimum atomic E-state index is -3.96. The van der Waals surface area contributed by atoms with Crippen molar-refractivity contribution in [2.45, 2.75) is 18.4 Å². The van der Waals surface area contributed by atoms with Crippen molar-refractivity contribution in [2.75, 3.05) is 11.3 Å². The van der Waals surface area contributed by atoms with E-state index in [1.807, 2.05) is 0 Å². The number of hydrogen-bond acceptors (Lipinski definition) is 5. The Morgan fingerprint density at radius 3 is 2.58 bits per heavy atom. The van der Waals surface area contributed by atoms with Crippen LogP contribution in [0.5, 0.6) is 5.75 Å². The third-order valence-electron chi connectivity index (χ3n) is 4.34. The van der Waals surface area contributed by atoms with Gasteiger partial charge in [-0.05, 0) is 48.4 Å². The summed E-state index contributed by atoms with van der Waals surface area (Å²) in [5, 5.41) is 9.20. The van der Waals surface area contributed by atoms with Crippen molar-refractivity contribution in [3.05, 3.63) is 87.3 Å².